The van der Waals surface area contributed by atoms with Gasteiger partial charge in [-0.05, 0) is 51.0 Å². The maximum atomic E-state index is 12.3. The van der Waals surface area contributed by atoms with Crippen molar-refractivity contribution < 1.29 is 0 Å². The summed E-state index contributed by atoms with van der Waals surface area (Å²) in [4.78, 5) is 14.5. The number of nitrogens with zero attached hydrogens (tertiary/aromatic N) is 7. The summed E-state index contributed by atoms with van der Waals surface area (Å²) in [6, 6.07) is 9.44. The van der Waals surface area contributed by atoms with E-state index in [-0.39, 0.29) is 5.56 Å². The summed E-state index contributed by atoms with van der Waals surface area (Å²) in [7, 11) is 0. The molecular weight excluding hydrogens is 354 g/mol. The van der Waals surface area contributed by atoms with Crippen molar-refractivity contribution in [2.45, 2.75) is 39.2 Å². The first-order valence-corrected chi connectivity index (χ1v) is 9.77. The largest absolute Gasteiger partial charge is 0.354 e. The lowest BCUT2D eigenvalue weighted by Crippen LogP contribution is -2.50. The standard InChI is InChI=1S/C20H23N7O/c1-13-9-14(2)27(23-13)19-7-8-20(28)26(24-19)12-15-10-25(11-15)18-6-5-17(21-22-18)16-3-4-16/h5-9,15-16H,3-4,10-12H2,1-2H3. The fraction of sp³-hybridized carbons (Fsp3) is 0.450. The molecule has 5 rings (SSSR count). The van der Waals surface area contributed by atoms with E-state index in [1.54, 1.807) is 21.5 Å². The molecule has 3 aromatic heterocycles. The predicted molar refractivity (Wildman–Crippen MR) is 105 cm³/mol. The molecule has 8 heteroatoms. The first kappa shape index (κ1) is 17.1. The smallest absolute Gasteiger partial charge is 0.266 e. The topological polar surface area (TPSA) is 81.7 Å². The lowest BCUT2D eigenvalue weighted by molar-refractivity contribution is 0.331. The summed E-state index contributed by atoms with van der Waals surface area (Å²) in [6.45, 7) is 6.24. The van der Waals surface area contributed by atoms with E-state index in [0.29, 0.717) is 24.2 Å². The van der Waals surface area contributed by atoms with Crippen LogP contribution >= 0.6 is 0 Å². The van der Waals surface area contributed by atoms with E-state index in [9.17, 15) is 4.79 Å². The monoisotopic (exact) mass is 377 g/mol. The van der Waals surface area contributed by atoms with Crippen LogP contribution in [0.25, 0.3) is 5.82 Å². The maximum Gasteiger partial charge on any atom is 0.266 e. The fourth-order valence-electron chi connectivity index (χ4n) is 3.76. The van der Waals surface area contributed by atoms with Gasteiger partial charge in [-0.15, -0.1) is 10.2 Å². The molecule has 0 spiro atoms. The number of rotatable bonds is 5. The lowest BCUT2D eigenvalue weighted by atomic mass is 10.0. The van der Waals surface area contributed by atoms with E-state index in [2.05, 4.69) is 37.4 Å². The van der Waals surface area contributed by atoms with Crippen LogP contribution in [-0.4, -0.2) is 42.8 Å². The third kappa shape index (κ3) is 3.19. The number of hydrogen-bond donors (Lipinski definition) is 0. The lowest BCUT2D eigenvalue weighted by Gasteiger charge is -2.39. The molecular formula is C20H23N7O. The van der Waals surface area contributed by atoms with Crippen LogP contribution in [0.1, 0.15) is 35.8 Å². The van der Waals surface area contributed by atoms with E-state index >= 15 is 0 Å². The van der Waals surface area contributed by atoms with Crippen LogP contribution in [0, 0.1) is 19.8 Å². The van der Waals surface area contributed by atoms with Crippen molar-refractivity contribution in [3.8, 4) is 5.82 Å². The van der Waals surface area contributed by atoms with E-state index in [1.165, 1.54) is 12.8 Å². The second-order valence-corrected chi connectivity index (χ2v) is 7.91. The highest BCUT2D eigenvalue weighted by atomic mass is 16.1. The molecule has 2 fully saturated rings. The highest BCUT2D eigenvalue weighted by molar-refractivity contribution is 5.41. The SMILES string of the molecule is Cc1cc(C)n(-c2ccc(=O)n(CC3CN(c4ccc(C5CC5)nn4)C3)n2)n1. The summed E-state index contributed by atoms with van der Waals surface area (Å²) in [5.41, 5.74) is 2.95. The van der Waals surface area contributed by atoms with Crippen molar-refractivity contribution in [3.05, 3.63) is 57.8 Å². The molecule has 1 saturated heterocycles. The van der Waals surface area contributed by atoms with Crippen molar-refractivity contribution in [3.63, 3.8) is 0 Å². The van der Waals surface area contributed by atoms with Crippen LogP contribution < -0.4 is 10.5 Å². The van der Waals surface area contributed by atoms with Crippen LogP contribution in [0.2, 0.25) is 0 Å². The molecule has 0 unspecified atom stereocenters. The summed E-state index contributed by atoms with van der Waals surface area (Å²) in [5, 5.41) is 17.7. The van der Waals surface area contributed by atoms with Gasteiger partial charge in [0.15, 0.2) is 11.6 Å². The number of aromatic nitrogens is 6. The van der Waals surface area contributed by atoms with Gasteiger partial charge in [0.25, 0.3) is 5.56 Å². The Bertz CT molecular complexity index is 1060. The normalized spacial score (nSPS) is 17.0. The van der Waals surface area contributed by atoms with Crippen molar-refractivity contribution in [1.82, 2.24) is 29.8 Å². The van der Waals surface area contributed by atoms with Gasteiger partial charge in [0.05, 0.1) is 17.9 Å². The molecule has 0 bridgehead atoms. The quantitative estimate of drug-likeness (QED) is 0.675. The Kier molecular flexibility index (Phi) is 3.99. The van der Waals surface area contributed by atoms with Gasteiger partial charge in [0, 0.05) is 36.7 Å². The average Bonchev–Trinajstić information content (AvgIpc) is 3.44. The van der Waals surface area contributed by atoms with Gasteiger partial charge < -0.3 is 4.90 Å². The van der Waals surface area contributed by atoms with E-state index in [4.69, 9.17) is 0 Å². The molecule has 0 N–H and O–H groups in total. The second kappa shape index (κ2) is 6.54. The van der Waals surface area contributed by atoms with Crippen molar-refractivity contribution >= 4 is 5.82 Å². The molecule has 4 heterocycles. The van der Waals surface area contributed by atoms with Crippen molar-refractivity contribution in [2.24, 2.45) is 5.92 Å². The highest BCUT2D eigenvalue weighted by Crippen LogP contribution is 2.39. The summed E-state index contributed by atoms with van der Waals surface area (Å²) >= 11 is 0. The second-order valence-electron chi connectivity index (χ2n) is 7.91. The molecule has 0 aromatic carbocycles. The average molecular weight is 377 g/mol. The molecule has 144 valence electrons. The number of hydrogen-bond acceptors (Lipinski definition) is 6. The summed E-state index contributed by atoms with van der Waals surface area (Å²) in [5.74, 6) is 2.57. The van der Waals surface area contributed by atoms with Gasteiger partial charge in [-0.25, -0.2) is 9.36 Å². The molecule has 8 nitrogen and oxygen atoms in total. The minimum Gasteiger partial charge on any atom is -0.354 e. The number of anilines is 1. The zero-order valence-corrected chi connectivity index (χ0v) is 16.1. The van der Waals surface area contributed by atoms with Gasteiger partial charge >= 0.3 is 0 Å². The Hall–Kier alpha value is -3.03. The Morgan fingerprint density at radius 2 is 1.79 bits per heavy atom. The first-order valence-electron chi connectivity index (χ1n) is 9.77. The van der Waals surface area contributed by atoms with Crippen LogP contribution in [0.4, 0.5) is 5.82 Å². The van der Waals surface area contributed by atoms with Gasteiger partial charge in [0.1, 0.15) is 0 Å². The van der Waals surface area contributed by atoms with Gasteiger partial charge in [-0.3, -0.25) is 4.79 Å². The molecule has 0 radical (unpaired) electrons. The molecule has 2 aliphatic rings. The summed E-state index contributed by atoms with van der Waals surface area (Å²) in [6.07, 6.45) is 2.47. The third-order valence-electron chi connectivity index (χ3n) is 5.46. The third-order valence-corrected chi connectivity index (χ3v) is 5.46. The molecule has 1 aliphatic carbocycles. The molecule has 0 amide bonds. The Labute approximate surface area is 162 Å². The summed E-state index contributed by atoms with van der Waals surface area (Å²) < 4.78 is 3.32. The minimum atomic E-state index is -0.0858. The molecule has 1 saturated carbocycles. The zero-order valence-electron chi connectivity index (χ0n) is 16.1. The van der Waals surface area contributed by atoms with Gasteiger partial charge in [-0.1, -0.05) is 0 Å². The van der Waals surface area contributed by atoms with E-state index in [0.717, 1.165) is 36.0 Å². The van der Waals surface area contributed by atoms with Crippen molar-refractivity contribution in [1.29, 1.82) is 0 Å². The zero-order chi connectivity index (χ0) is 19.3. The molecule has 28 heavy (non-hydrogen) atoms. The minimum absolute atomic E-state index is 0.0858. The highest BCUT2D eigenvalue weighted by Gasteiger charge is 2.30. The molecule has 0 atom stereocenters. The molecule has 3 aromatic rings. The van der Waals surface area contributed by atoms with Crippen LogP contribution in [-0.2, 0) is 6.54 Å². The Morgan fingerprint density at radius 1 is 1.00 bits per heavy atom. The fourth-order valence-corrected chi connectivity index (χ4v) is 3.76. The first-order chi connectivity index (χ1) is 13.6. The van der Waals surface area contributed by atoms with Gasteiger partial charge in [-0.2, -0.15) is 10.2 Å². The maximum absolute atomic E-state index is 12.3. The van der Waals surface area contributed by atoms with Crippen LogP contribution in [0.5, 0.6) is 0 Å². The van der Waals surface area contributed by atoms with E-state index < -0.39 is 0 Å². The Morgan fingerprint density at radius 3 is 2.43 bits per heavy atom. The van der Waals surface area contributed by atoms with Crippen LogP contribution in [0.3, 0.4) is 0 Å². The Balaban J connectivity index is 1.26. The van der Waals surface area contributed by atoms with Gasteiger partial charge in [0.2, 0.25) is 0 Å². The predicted octanol–water partition coefficient (Wildman–Crippen LogP) is 1.85. The molecule has 1 aliphatic heterocycles. The number of aryl methyl sites for hydroxylation is 2. The van der Waals surface area contributed by atoms with Crippen LogP contribution in [0.15, 0.2) is 35.1 Å². The van der Waals surface area contributed by atoms with Crippen molar-refractivity contribution in [2.75, 3.05) is 18.0 Å². The van der Waals surface area contributed by atoms with E-state index in [1.807, 2.05) is 19.9 Å².